The second-order valence-corrected chi connectivity index (χ2v) is 12.2. The number of hydrogen-bond donors (Lipinski definition) is 1. The lowest BCUT2D eigenvalue weighted by Crippen LogP contribution is -2.08. The number of rotatable bonds is 5. The third kappa shape index (κ3) is 4.86. The smallest absolute Gasteiger partial charge is 0.197 e. The van der Waals surface area contributed by atoms with E-state index in [1.807, 2.05) is 30.3 Å². The van der Waals surface area contributed by atoms with Crippen LogP contribution in [-0.4, -0.2) is 4.98 Å². The highest BCUT2D eigenvalue weighted by Gasteiger charge is 2.23. The molecule has 1 N–H and O–H groups in total. The van der Waals surface area contributed by atoms with Crippen LogP contribution in [0.15, 0.2) is 163 Å². The summed E-state index contributed by atoms with van der Waals surface area (Å²) in [6.45, 7) is 4.29. The van der Waals surface area contributed by atoms with Crippen molar-refractivity contribution < 1.29 is 0 Å². The van der Waals surface area contributed by atoms with E-state index in [2.05, 4.69) is 146 Å². The highest BCUT2D eigenvalue weighted by Crippen LogP contribution is 2.47. The lowest BCUT2D eigenvalue weighted by molar-refractivity contribution is 1.34. The molecule has 1 aromatic heterocycles. The monoisotopic (exact) mass is 603 g/mol. The van der Waals surface area contributed by atoms with Crippen LogP contribution in [0, 0.1) is 13.8 Å². The molecule has 0 aliphatic rings. The summed E-state index contributed by atoms with van der Waals surface area (Å²) in [5, 5.41) is 1.42. The maximum atomic E-state index is 14.5. The molecule has 0 saturated heterocycles. The lowest BCUT2D eigenvalue weighted by atomic mass is 9.81. The summed E-state index contributed by atoms with van der Waals surface area (Å²) in [7, 11) is 0. The van der Waals surface area contributed by atoms with Gasteiger partial charge >= 0.3 is 0 Å². The quantitative estimate of drug-likeness (QED) is 0.195. The Morgan fingerprint density at radius 2 is 0.915 bits per heavy atom. The highest BCUT2D eigenvalue weighted by atomic mass is 16.1. The zero-order chi connectivity index (χ0) is 31.9. The van der Waals surface area contributed by atoms with Crippen molar-refractivity contribution in [1.29, 1.82) is 0 Å². The molecule has 0 radical (unpaired) electrons. The summed E-state index contributed by atoms with van der Waals surface area (Å²) < 4.78 is 0. The largest absolute Gasteiger partial charge is 0.354 e. The fraction of sp³-hybridized carbons (Fsp3) is 0.0444. The molecular formula is C45H33NO. The number of nitrogens with one attached hydrogen (secondary N) is 1. The van der Waals surface area contributed by atoms with Gasteiger partial charge in [0, 0.05) is 10.9 Å². The van der Waals surface area contributed by atoms with Crippen LogP contribution >= 0.6 is 0 Å². The molecule has 1 heterocycles. The lowest BCUT2D eigenvalue weighted by Gasteiger charge is -2.23. The van der Waals surface area contributed by atoms with Crippen LogP contribution in [0.3, 0.4) is 0 Å². The predicted molar refractivity (Wildman–Crippen MR) is 199 cm³/mol. The Bertz CT molecular complexity index is 2490. The van der Waals surface area contributed by atoms with Crippen molar-refractivity contribution in [2.45, 2.75) is 13.8 Å². The predicted octanol–water partition coefficient (Wildman–Crippen LogP) is 11.6. The first-order valence-electron chi connectivity index (χ1n) is 16.1. The molecule has 0 bridgehead atoms. The number of H-pyrrole nitrogens is 1. The normalized spacial score (nSPS) is 11.3. The first-order valence-corrected chi connectivity index (χ1v) is 16.1. The van der Waals surface area contributed by atoms with Gasteiger partial charge in [0.25, 0.3) is 0 Å². The van der Waals surface area contributed by atoms with Gasteiger partial charge in [-0.05, 0) is 98.8 Å². The SMILES string of the molecule is Cc1cc2[nH]c3ccccc3c(=O)c2c(-c2c(-c3ccccc3)cccc2-c2ccccc2-c2ccccc2-c2ccccc2)c1C. The zero-order valence-electron chi connectivity index (χ0n) is 26.4. The average Bonchev–Trinajstić information content (AvgIpc) is 3.13. The molecule has 2 heteroatoms. The average molecular weight is 604 g/mol. The number of aromatic nitrogens is 1. The number of pyridine rings is 1. The molecule has 0 unspecified atom stereocenters. The van der Waals surface area contributed by atoms with Gasteiger partial charge in [0.15, 0.2) is 5.43 Å². The van der Waals surface area contributed by atoms with E-state index in [1.165, 1.54) is 16.7 Å². The maximum Gasteiger partial charge on any atom is 0.197 e. The van der Waals surface area contributed by atoms with Gasteiger partial charge < -0.3 is 4.98 Å². The molecular weight excluding hydrogens is 571 g/mol. The van der Waals surface area contributed by atoms with E-state index in [0.29, 0.717) is 5.39 Å². The van der Waals surface area contributed by atoms with Gasteiger partial charge in [-0.25, -0.2) is 0 Å². The summed E-state index contributed by atoms with van der Waals surface area (Å²) in [5.74, 6) is 0. The molecule has 0 aliphatic heterocycles. The van der Waals surface area contributed by atoms with Gasteiger partial charge in [-0.2, -0.15) is 0 Å². The van der Waals surface area contributed by atoms with Gasteiger partial charge in [-0.3, -0.25) is 4.79 Å². The minimum absolute atomic E-state index is 0.0453. The molecule has 0 aliphatic carbocycles. The summed E-state index contributed by atoms with van der Waals surface area (Å²) in [5.41, 5.74) is 15.1. The minimum Gasteiger partial charge on any atom is -0.354 e. The minimum atomic E-state index is 0.0453. The van der Waals surface area contributed by atoms with Crippen molar-refractivity contribution in [2.24, 2.45) is 0 Å². The molecule has 8 rings (SSSR count). The summed E-state index contributed by atoms with van der Waals surface area (Å²) in [6, 6.07) is 54.9. The van der Waals surface area contributed by atoms with Crippen molar-refractivity contribution in [1.82, 2.24) is 4.98 Å². The first kappa shape index (κ1) is 28.5. The standard InChI is InChI=1S/C45H33NO/c1-29-28-41-44(45(47)39-24-13-14-27-40(39)46-41)42(30(29)2)43-34(32-18-7-4-8-19-32)25-15-26-38(43)37-23-12-11-22-36(37)35-21-10-9-20-33(35)31-16-5-3-6-17-31/h3-28H,1-2H3,(H,46,47). The van der Waals surface area contributed by atoms with Crippen LogP contribution in [0.5, 0.6) is 0 Å². The van der Waals surface area contributed by atoms with E-state index >= 15 is 0 Å². The number of aryl methyl sites for hydroxylation is 1. The van der Waals surface area contributed by atoms with Crippen LogP contribution in [0.4, 0.5) is 0 Å². The van der Waals surface area contributed by atoms with Crippen LogP contribution in [0.1, 0.15) is 11.1 Å². The molecule has 0 fully saturated rings. The fourth-order valence-corrected chi connectivity index (χ4v) is 7.08. The fourth-order valence-electron chi connectivity index (χ4n) is 7.08. The van der Waals surface area contributed by atoms with Crippen LogP contribution in [-0.2, 0) is 0 Å². The molecule has 0 spiro atoms. The van der Waals surface area contributed by atoms with Gasteiger partial charge in [0.1, 0.15) is 0 Å². The Hall–Kier alpha value is -5.99. The van der Waals surface area contributed by atoms with E-state index < -0.39 is 0 Å². The first-order chi connectivity index (χ1) is 23.1. The van der Waals surface area contributed by atoms with Crippen molar-refractivity contribution in [3.8, 4) is 55.6 Å². The van der Waals surface area contributed by atoms with Crippen molar-refractivity contribution in [2.75, 3.05) is 0 Å². The van der Waals surface area contributed by atoms with Crippen LogP contribution in [0.25, 0.3) is 77.4 Å². The van der Waals surface area contributed by atoms with Crippen molar-refractivity contribution >= 4 is 21.8 Å². The second-order valence-electron chi connectivity index (χ2n) is 12.2. The third-order valence-electron chi connectivity index (χ3n) is 9.43. The molecule has 47 heavy (non-hydrogen) atoms. The zero-order valence-corrected chi connectivity index (χ0v) is 26.4. The number of fused-ring (bicyclic) bond motifs is 2. The van der Waals surface area contributed by atoms with Gasteiger partial charge in [-0.15, -0.1) is 0 Å². The molecule has 224 valence electrons. The Morgan fingerprint density at radius 3 is 1.60 bits per heavy atom. The van der Waals surface area contributed by atoms with Crippen LogP contribution < -0.4 is 5.43 Å². The molecule has 0 atom stereocenters. The number of hydrogen-bond acceptors (Lipinski definition) is 1. The van der Waals surface area contributed by atoms with Gasteiger partial charge in [0.05, 0.1) is 10.9 Å². The van der Waals surface area contributed by atoms with E-state index in [1.54, 1.807) is 0 Å². The summed E-state index contributed by atoms with van der Waals surface area (Å²) >= 11 is 0. The Morgan fingerprint density at radius 1 is 0.426 bits per heavy atom. The molecule has 0 saturated carbocycles. The van der Waals surface area contributed by atoms with E-state index in [-0.39, 0.29) is 5.43 Å². The van der Waals surface area contributed by atoms with Crippen molar-refractivity contribution in [3.63, 3.8) is 0 Å². The third-order valence-corrected chi connectivity index (χ3v) is 9.43. The summed E-state index contributed by atoms with van der Waals surface area (Å²) in [6.07, 6.45) is 0. The second kappa shape index (κ2) is 11.7. The van der Waals surface area contributed by atoms with Crippen LogP contribution in [0.2, 0.25) is 0 Å². The Balaban J connectivity index is 1.51. The van der Waals surface area contributed by atoms with Gasteiger partial charge in [-0.1, -0.05) is 140 Å². The maximum absolute atomic E-state index is 14.5. The van der Waals surface area contributed by atoms with Gasteiger partial charge in [0.2, 0.25) is 0 Å². The Labute approximate surface area is 274 Å². The topological polar surface area (TPSA) is 32.9 Å². The van der Waals surface area contributed by atoms with E-state index in [4.69, 9.17) is 0 Å². The molecule has 0 amide bonds. The van der Waals surface area contributed by atoms with Crippen molar-refractivity contribution in [3.05, 3.63) is 179 Å². The number of benzene rings is 7. The Kier molecular flexibility index (Phi) is 7.12. The number of aromatic amines is 1. The number of para-hydroxylation sites is 1. The molecule has 8 aromatic rings. The van der Waals surface area contributed by atoms with E-state index in [0.717, 1.165) is 66.5 Å². The highest BCUT2D eigenvalue weighted by molar-refractivity contribution is 6.10. The summed E-state index contributed by atoms with van der Waals surface area (Å²) in [4.78, 5) is 18.1. The molecule has 2 nitrogen and oxygen atoms in total. The molecule has 7 aromatic carbocycles. The van der Waals surface area contributed by atoms with E-state index in [9.17, 15) is 4.79 Å².